The molecule has 1 nitrogen and oxygen atoms in total. The Morgan fingerprint density at radius 2 is 2.00 bits per heavy atom. The van der Waals surface area contributed by atoms with Crippen LogP contribution in [0.4, 0.5) is 0 Å². The van der Waals surface area contributed by atoms with E-state index in [-0.39, 0.29) is 0 Å². The van der Waals surface area contributed by atoms with Gasteiger partial charge in [0.2, 0.25) is 0 Å². The third kappa shape index (κ3) is 1.34. The molecule has 1 aliphatic heterocycles. The Hall–Kier alpha value is 0.150. The van der Waals surface area contributed by atoms with Crippen molar-refractivity contribution in [2.75, 3.05) is 11.5 Å². The Bertz CT molecular complexity index is 200. The van der Waals surface area contributed by atoms with Crippen LogP contribution in [0.1, 0.15) is 26.7 Å². The Balaban J connectivity index is 2.08. The molecule has 0 aromatic carbocycles. The average molecular weight is 186 g/mol. The van der Waals surface area contributed by atoms with E-state index < -0.39 is 10.8 Å². The second-order valence-corrected chi connectivity index (χ2v) is 6.23. The van der Waals surface area contributed by atoms with Crippen molar-refractivity contribution in [3.63, 3.8) is 0 Å². The van der Waals surface area contributed by atoms with Crippen LogP contribution in [-0.4, -0.2) is 15.7 Å². The van der Waals surface area contributed by atoms with E-state index in [0.717, 1.165) is 35.2 Å². The Kier molecular flexibility index (Phi) is 2.28. The predicted octanol–water partition coefficient (Wildman–Crippen LogP) is 2.05. The summed E-state index contributed by atoms with van der Waals surface area (Å²) in [6.45, 7) is 4.63. The van der Waals surface area contributed by atoms with Gasteiger partial charge in [-0.15, -0.1) is 0 Å². The summed E-state index contributed by atoms with van der Waals surface area (Å²) in [6.07, 6.45) is 2.74. The lowest BCUT2D eigenvalue weighted by molar-refractivity contribution is 0.296. The van der Waals surface area contributed by atoms with Crippen LogP contribution in [0.5, 0.6) is 0 Å². The fourth-order valence-electron chi connectivity index (χ4n) is 3.00. The summed E-state index contributed by atoms with van der Waals surface area (Å²) in [5, 5.41) is 0. The molecule has 2 fully saturated rings. The Morgan fingerprint density at radius 3 is 2.67 bits per heavy atom. The van der Waals surface area contributed by atoms with Gasteiger partial charge < -0.3 is 0 Å². The molecule has 12 heavy (non-hydrogen) atoms. The fourth-order valence-corrected chi connectivity index (χ4v) is 4.98. The molecule has 0 aromatic rings. The van der Waals surface area contributed by atoms with Gasteiger partial charge in [-0.3, -0.25) is 4.21 Å². The van der Waals surface area contributed by atoms with Crippen molar-refractivity contribution in [3.8, 4) is 0 Å². The molecule has 1 heterocycles. The number of hydrogen-bond donors (Lipinski definition) is 0. The van der Waals surface area contributed by atoms with Crippen molar-refractivity contribution in [3.05, 3.63) is 0 Å². The van der Waals surface area contributed by atoms with E-state index in [1.54, 1.807) is 0 Å². The second kappa shape index (κ2) is 3.13. The summed E-state index contributed by atoms with van der Waals surface area (Å²) in [5.74, 6) is 5.32. The zero-order valence-corrected chi connectivity index (χ0v) is 8.77. The van der Waals surface area contributed by atoms with Crippen molar-refractivity contribution in [1.29, 1.82) is 0 Å². The van der Waals surface area contributed by atoms with Gasteiger partial charge in [0.05, 0.1) is 0 Å². The molecule has 0 aromatic heterocycles. The lowest BCUT2D eigenvalue weighted by atomic mass is 9.85. The molecule has 4 unspecified atom stereocenters. The van der Waals surface area contributed by atoms with Crippen molar-refractivity contribution < 1.29 is 4.21 Å². The molecule has 0 radical (unpaired) electrons. The van der Waals surface area contributed by atoms with Crippen molar-refractivity contribution in [2.45, 2.75) is 26.7 Å². The van der Waals surface area contributed by atoms with Gasteiger partial charge in [-0.1, -0.05) is 13.8 Å². The highest BCUT2D eigenvalue weighted by Crippen LogP contribution is 2.45. The van der Waals surface area contributed by atoms with Crippen molar-refractivity contribution in [1.82, 2.24) is 0 Å². The van der Waals surface area contributed by atoms with Gasteiger partial charge >= 0.3 is 0 Å². The molecule has 4 atom stereocenters. The maximum absolute atomic E-state index is 11.3. The number of fused-ring (bicyclic) bond motifs is 1. The molecule has 2 rings (SSSR count). The minimum absolute atomic E-state index is 0.469. The molecule has 0 bridgehead atoms. The zero-order chi connectivity index (χ0) is 8.72. The average Bonchev–Trinajstić information content (AvgIpc) is 2.43. The van der Waals surface area contributed by atoms with Crippen LogP contribution in [0.15, 0.2) is 0 Å². The maximum atomic E-state index is 11.3. The first-order valence-electron chi connectivity index (χ1n) is 5.03. The van der Waals surface area contributed by atoms with Crippen molar-refractivity contribution in [2.24, 2.45) is 23.7 Å². The van der Waals surface area contributed by atoms with E-state index in [0.29, 0.717) is 0 Å². The summed E-state index contributed by atoms with van der Waals surface area (Å²) >= 11 is 0. The predicted molar refractivity (Wildman–Crippen MR) is 52.4 cm³/mol. The van der Waals surface area contributed by atoms with E-state index in [1.807, 2.05) is 0 Å². The summed E-state index contributed by atoms with van der Waals surface area (Å²) in [4.78, 5) is 0. The largest absolute Gasteiger partial charge is 0.260 e. The first-order valence-corrected chi connectivity index (χ1v) is 6.52. The second-order valence-electron chi connectivity index (χ2n) is 4.68. The molecule has 1 saturated carbocycles. The van der Waals surface area contributed by atoms with Crippen LogP contribution in [0.3, 0.4) is 0 Å². The van der Waals surface area contributed by atoms with Crippen LogP contribution in [0.2, 0.25) is 0 Å². The van der Waals surface area contributed by atoms with Gasteiger partial charge in [-0.25, -0.2) is 0 Å². The van der Waals surface area contributed by atoms with E-state index in [2.05, 4.69) is 13.8 Å². The lowest BCUT2D eigenvalue weighted by Gasteiger charge is -2.20. The Labute approximate surface area is 77.4 Å². The minimum Gasteiger partial charge on any atom is -0.260 e. The van der Waals surface area contributed by atoms with Gasteiger partial charge in [0.25, 0.3) is 0 Å². The highest BCUT2D eigenvalue weighted by Gasteiger charge is 2.43. The molecule has 1 saturated heterocycles. The SMILES string of the molecule is CC(C)C1CCC2CS(=O)CC21. The summed E-state index contributed by atoms with van der Waals surface area (Å²) in [5.41, 5.74) is 0. The smallest absolute Gasteiger partial charge is 0.0268 e. The van der Waals surface area contributed by atoms with Gasteiger partial charge in [0, 0.05) is 22.3 Å². The van der Waals surface area contributed by atoms with E-state index in [1.165, 1.54) is 12.8 Å². The third-order valence-electron chi connectivity index (χ3n) is 3.66. The maximum Gasteiger partial charge on any atom is 0.0268 e. The van der Waals surface area contributed by atoms with Gasteiger partial charge in [-0.2, -0.15) is 0 Å². The van der Waals surface area contributed by atoms with E-state index >= 15 is 0 Å². The number of rotatable bonds is 1. The summed E-state index contributed by atoms with van der Waals surface area (Å²) in [7, 11) is -0.469. The Morgan fingerprint density at radius 1 is 1.25 bits per heavy atom. The normalized spacial score (nSPS) is 46.9. The highest BCUT2D eigenvalue weighted by molar-refractivity contribution is 7.85. The minimum atomic E-state index is -0.469. The first-order chi connectivity index (χ1) is 5.68. The molecular weight excluding hydrogens is 168 g/mol. The topological polar surface area (TPSA) is 17.1 Å². The van der Waals surface area contributed by atoms with Gasteiger partial charge in [0.15, 0.2) is 0 Å². The van der Waals surface area contributed by atoms with Gasteiger partial charge in [-0.05, 0) is 36.5 Å². The standard InChI is InChI=1S/C10H18OS/c1-7(2)9-4-3-8-5-12(11)6-10(8)9/h7-10H,3-6H2,1-2H3. The lowest BCUT2D eigenvalue weighted by Crippen LogP contribution is -2.18. The molecule has 2 heteroatoms. The highest BCUT2D eigenvalue weighted by atomic mass is 32.2. The van der Waals surface area contributed by atoms with Gasteiger partial charge in [0.1, 0.15) is 0 Å². The van der Waals surface area contributed by atoms with E-state index in [9.17, 15) is 4.21 Å². The van der Waals surface area contributed by atoms with Crippen LogP contribution in [0, 0.1) is 23.7 Å². The molecule has 0 amide bonds. The molecule has 0 N–H and O–H groups in total. The molecule has 1 aliphatic carbocycles. The van der Waals surface area contributed by atoms with E-state index in [4.69, 9.17) is 0 Å². The van der Waals surface area contributed by atoms with Crippen LogP contribution >= 0.6 is 0 Å². The number of hydrogen-bond acceptors (Lipinski definition) is 1. The molecule has 2 aliphatic rings. The van der Waals surface area contributed by atoms with Crippen LogP contribution < -0.4 is 0 Å². The third-order valence-corrected chi connectivity index (χ3v) is 5.22. The van der Waals surface area contributed by atoms with Crippen LogP contribution in [0.25, 0.3) is 0 Å². The first kappa shape index (κ1) is 8.74. The molecule has 0 spiro atoms. The summed E-state index contributed by atoms with van der Waals surface area (Å²) < 4.78 is 11.3. The molecular formula is C10H18OS. The summed E-state index contributed by atoms with van der Waals surface area (Å²) in [6, 6.07) is 0. The molecule has 70 valence electrons. The van der Waals surface area contributed by atoms with Crippen molar-refractivity contribution >= 4 is 10.8 Å². The fraction of sp³-hybridized carbons (Fsp3) is 1.00. The monoisotopic (exact) mass is 186 g/mol. The zero-order valence-electron chi connectivity index (χ0n) is 7.95. The quantitative estimate of drug-likeness (QED) is 0.612. The van der Waals surface area contributed by atoms with Crippen LogP contribution in [-0.2, 0) is 10.8 Å².